The third kappa shape index (κ3) is 5.05. The van der Waals surface area contributed by atoms with Gasteiger partial charge in [-0.2, -0.15) is 4.39 Å². The summed E-state index contributed by atoms with van der Waals surface area (Å²) < 4.78 is 69.4. The smallest absolute Gasteiger partial charge is 0.201 e. The highest BCUT2D eigenvalue weighted by atomic mass is 19.2. The normalized spacial score (nSPS) is 21.6. The summed E-state index contributed by atoms with van der Waals surface area (Å²) in [4.78, 5) is 0. The predicted molar refractivity (Wildman–Crippen MR) is 132 cm³/mol. The van der Waals surface area contributed by atoms with Crippen molar-refractivity contribution in [3.8, 4) is 16.9 Å². The Hall–Kier alpha value is -3.12. The molecule has 5 rings (SSSR count). The maximum absolute atomic E-state index is 14.8. The Morgan fingerprint density at radius 2 is 1.47 bits per heavy atom. The Labute approximate surface area is 208 Å². The number of benzene rings is 3. The molecule has 0 aromatic heterocycles. The second kappa shape index (κ2) is 10.5. The highest BCUT2D eigenvalue weighted by molar-refractivity contribution is 5.67. The first-order chi connectivity index (χ1) is 17.5. The Balaban J connectivity index is 1.19. The minimum Gasteiger partial charge on any atom is -0.490 e. The molecule has 3 aromatic carbocycles. The summed E-state index contributed by atoms with van der Waals surface area (Å²) in [5, 5.41) is 0. The average Bonchev–Trinajstić information content (AvgIpc) is 3.73. The van der Waals surface area contributed by atoms with Crippen molar-refractivity contribution in [2.75, 3.05) is 13.2 Å². The van der Waals surface area contributed by atoms with Crippen molar-refractivity contribution >= 4 is 6.08 Å². The van der Waals surface area contributed by atoms with Crippen LogP contribution in [0.3, 0.4) is 0 Å². The van der Waals surface area contributed by atoms with Crippen LogP contribution in [-0.2, 0) is 4.74 Å². The molecule has 0 radical (unpaired) electrons. The van der Waals surface area contributed by atoms with Gasteiger partial charge in [0.25, 0.3) is 0 Å². The Morgan fingerprint density at radius 1 is 0.806 bits per heavy atom. The van der Waals surface area contributed by atoms with E-state index in [2.05, 4.69) is 0 Å². The van der Waals surface area contributed by atoms with Gasteiger partial charge in [-0.15, -0.1) is 0 Å². The van der Waals surface area contributed by atoms with Crippen molar-refractivity contribution in [2.24, 2.45) is 5.92 Å². The molecule has 2 aliphatic rings. The van der Waals surface area contributed by atoms with Crippen LogP contribution in [0.1, 0.15) is 61.3 Å². The SMILES string of the molecule is C/C=C/c1ccc(-c2ccc(OCC3CCC(c4ccc(C5CO5)c(F)c4F)CC3)c(F)c2F)cc1. The maximum atomic E-state index is 14.8. The first kappa shape index (κ1) is 24.6. The molecular weight excluding hydrogens is 468 g/mol. The van der Waals surface area contributed by atoms with Gasteiger partial charge in [0.05, 0.1) is 13.2 Å². The van der Waals surface area contributed by atoms with Crippen LogP contribution in [0.4, 0.5) is 17.6 Å². The monoisotopic (exact) mass is 496 g/mol. The van der Waals surface area contributed by atoms with Gasteiger partial charge < -0.3 is 9.47 Å². The van der Waals surface area contributed by atoms with E-state index in [9.17, 15) is 17.6 Å². The molecule has 0 N–H and O–H groups in total. The lowest BCUT2D eigenvalue weighted by atomic mass is 9.78. The van der Waals surface area contributed by atoms with Gasteiger partial charge in [0.15, 0.2) is 23.2 Å². The number of allylic oxidation sites excluding steroid dienone is 1. The van der Waals surface area contributed by atoms with Gasteiger partial charge >= 0.3 is 0 Å². The molecule has 3 aromatic rings. The van der Waals surface area contributed by atoms with Crippen LogP contribution in [0.5, 0.6) is 5.75 Å². The molecule has 2 nitrogen and oxygen atoms in total. The van der Waals surface area contributed by atoms with Gasteiger partial charge in [0, 0.05) is 11.1 Å². The highest BCUT2D eigenvalue weighted by Gasteiger charge is 2.32. The summed E-state index contributed by atoms with van der Waals surface area (Å²) >= 11 is 0. The number of rotatable bonds is 7. The van der Waals surface area contributed by atoms with Gasteiger partial charge in [-0.25, -0.2) is 13.2 Å². The zero-order valence-electron chi connectivity index (χ0n) is 20.1. The third-order valence-corrected chi connectivity index (χ3v) is 7.21. The van der Waals surface area contributed by atoms with Crippen molar-refractivity contribution in [3.05, 3.63) is 94.6 Å². The van der Waals surface area contributed by atoms with Crippen LogP contribution < -0.4 is 4.74 Å². The second-order valence-corrected chi connectivity index (χ2v) is 9.58. The van der Waals surface area contributed by atoms with Crippen LogP contribution >= 0.6 is 0 Å². The highest BCUT2D eigenvalue weighted by Crippen LogP contribution is 2.40. The molecule has 1 saturated carbocycles. The van der Waals surface area contributed by atoms with Crippen LogP contribution in [0.25, 0.3) is 17.2 Å². The van der Waals surface area contributed by atoms with E-state index in [1.54, 1.807) is 24.3 Å². The van der Waals surface area contributed by atoms with Crippen LogP contribution in [0.15, 0.2) is 54.6 Å². The molecule has 1 heterocycles. The largest absolute Gasteiger partial charge is 0.490 e. The number of epoxide rings is 1. The molecule has 1 saturated heterocycles. The Morgan fingerprint density at radius 3 is 2.14 bits per heavy atom. The van der Waals surface area contributed by atoms with Crippen LogP contribution in [0, 0.1) is 29.2 Å². The fourth-order valence-corrected chi connectivity index (χ4v) is 5.05. The maximum Gasteiger partial charge on any atom is 0.201 e. The summed E-state index contributed by atoms with van der Waals surface area (Å²) in [5.74, 6) is -3.59. The minimum absolute atomic E-state index is 0.0717. The zero-order chi connectivity index (χ0) is 25.2. The van der Waals surface area contributed by atoms with Gasteiger partial charge in [-0.1, -0.05) is 48.6 Å². The predicted octanol–water partition coefficient (Wildman–Crippen LogP) is 8.37. The molecular formula is C30H28F4O2. The lowest BCUT2D eigenvalue weighted by Crippen LogP contribution is -2.20. The van der Waals surface area contributed by atoms with Gasteiger partial charge in [0.1, 0.15) is 6.10 Å². The van der Waals surface area contributed by atoms with E-state index in [1.165, 1.54) is 12.1 Å². The summed E-state index contributed by atoms with van der Waals surface area (Å²) in [7, 11) is 0. The van der Waals surface area contributed by atoms with E-state index in [4.69, 9.17) is 9.47 Å². The fraction of sp³-hybridized carbons (Fsp3) is 0.333. The standard InChI is InChI=1S/C30H28F4O2/c1-2-3-18-4-8-20(9-5-18)23-14-15-25(30(34)28(23)32)35-16-19-6-10-21(11-7-19)22-12-13-24(26-17-36-26)29(33)27(22)31/h2-5,8-9,12-15,19,21,26H,6-7,10-11,16-17H2,1H3/b3-2+. The topological polar surface area (TPSA) is 21.8 Å². The Bertz CT molecular complexity index is 1260. The molecule has 0 amide bonds. The molecule has 0 spiro atoms. The van der Waals surface area contributed by atoms with Gasteiger partial charge in [-0.3, -0.25) is 0 Å². The lowest BCUT2D eigenvalue weighted by Gasteiger charge is -2.29. The van der Waals surface area contributed by atoms with E-state index in [0.29, 0.717) is 30.6 Å². The molecule has 1 atom stereocenters. The zero-order valence-corrected chi connectivity index (χ0v) is 20.1. The molecule has 2 fully saturated rings. The van der Waals surface area contributed by atoms with Crippen molar-refractivity contribution in [1.82, 2.24) is 0 Å². The average molecular weight is 497 g/mol. The van der Waals surface area contributed by atoms with E-state index < -0.39 is 23.3 Å². The summed E-state index contributed by atoms with van der Waals surface area (Å²) in [6.45, 7) is 2.59. The van der Waals surface area contributed by atoms with E-state index >= 15 is 0 Å². The van der Waals surface area contributed by atoms with E-state index in [1.807, 2.05) is 31.2 Å². The molecule has 1 aliphatic heterocycles. The van der Waals surface area contributed by atoms with Crippen molar-refractivity contribution in [2.45, 2.75) is 44.6 Å². The molecule has 188 valence electrons. The summed E-state index contributed by atoms with van der Waals surface area (Å²) in [6, 6.07) is 13.5. The lowest BCUT2D eigenvalue weighted by molar-refractivity contribution is 0.192. The second-order valence-electron chi connectivity index (χ2n) is 9.58. The first-order valence-electron chi connectivity index (χ1n) is 12.4. The quantitative estimate of drug-likeness (QED) is 0.242. The first-order valence-corrected chi connectivity index (χ1v) is 12.4. The van der Waals surface area contributed by atoms with Crippen molar-refractivity contribution in [1.29, 1.82) is 0 Å². The number of hydrogen-bond donors (Lipinski definition) is 0. The summed E-state index contributed by atoms with van der Waals surface area (Å²) in [6.07, 6.45) is 6.35. The molecule has 1 aliphatic carbocycles. The number of halogens is 4. The fourth-order valence-electron chi connectivity index (χ4n) is 5.05. The van der Waals surface area contributed by atoms with Crippen molar-refractivity contribution < 1.29 is 27.0 Å². The molecule has 1 unspecified atom stereocenters. The van der Waals surface area contributed by atoms with Crippen LogP contribution in [0.2, 0.25) is 0 Å². The van der Waals surface area contributed by atoms with E-state index in [-0.39, 0.29) is 41.4 Å². The van der Waals surface area contributed by atoms with E-state index in [0.717, 1.165) is 18.4 Å². The van der Waals surface area contributed by atoms with Gasteiger partial charge in [0.2, 0.25) is 5.82 Å². The Kier molecular flexibility index (Phi) is 7.15. The minimum atomic E-state index is -1.00. The van der Waals surface area contributed by atoms with Gasteiger partial charge in [-0.05, 0) is 73.3 Å². The molecule has 36 heavy (non-hydrogen) atoms. The number of ether oxygens (including phenoxy) is 2. The van der Waals surface area contributed by atoms with Crippen molar-refractivity contribution in [3.63, 3.8) is 0 Å². The third-order valence-electron chi connectivity index (χ3n) is 7.21. The molecule has 0 bridgehead atoms. The summed E-state index contributed by atoms with van der Waals surface area (Å²) in [5.41, 5.74) is 2.43. The van der Waals surface area contributed by atoms with Crippen LogP contribution in [-0.4, -0.2) is 13.2 Å². The number of hydrogen-bond acceptors (Lipinski definition) is 2. The molecule has 6 heteroatoms.